The summed E-state index contributed by atoms with van der Waals surface area (Å²) in [6.45, 7) is 6.37. The zero-order valence-corrected chi connectivity index (χ0v) is 9.81. The second kappa shape index (κ2) is 6.56. The average Bonchev–Trinajstić information content (AvgIpc) is 2.34. The molecule has 1 atom stereocenters. The van der Waals surface area contributed by atoms with Crippen molar-refractivity contribution < 1.29 is 9.84 Å². The molecule has 0 aromatic heterocycles. The number of phenols is 1. The van der Waals surface area contributed by atoms with Crippen LogP contribution in [0.25, 0.3) is 0 Å². The fraction of sp³-hybridized carbons (Fsp3) is 0.308. The van der Waals surface area contributed by atoms with Crippen molar-refractivity contribution in [2.24, 2.45) is 0 Å². The lowest BCUT2D eigenvalue weighted by atomic mass is 10.1. The molecule has 0 radical (unpaired) electrons. The largest absolute Gasteiger partial charge is 0.504 e. The van der Waals surface area contributed by atoms with Gasteiger partial charge in [-0.2, -0.15) is 5.26 Å². The lowest BCUT2D eigenvalue weighted by molar-refractivity contribution is 0.316. The maximum Gasteiger partial charge on any atom is 0.163 e. The van der Waals surface area contributed by atoms with Crippen molar-refractivity contribution in [1.29, 1.82) is 5.26 Å². The van der Waals surface area contributed by atoms with E-state index in [1.807, 2.05) is 6.92 Å². The summed E-state index contributed by atoms with van der Waals surface area (Å²) >= 11 is 0. The number of aromatic hydroxyl groups is 1. The lowest BCUT2D eigenvalue weighted by Crippen LogP contribution is -2.19. The van der Waals surface area contributed by atoms with E-state index in [1.165, 1.54) is 0 Å². The minimum Gasteiger partial charge on any atom is -0.504 e. The minimum atomic E-state index is -0.576. The van der Waals surface area contributed by atoms with Gasteiger partial charge in [0.05, 0.1) is 12.7 Å². The topological polar surface area (TPSA) is 65.3 Å². The third-order valence-electron chi connectivity index (χ3n) is 2.24. The van der Waals surface area contributed by atoms with Crippen molar-refractivity contribution in [2.75, 3.05) is 13.2 Å². The third-order valence-corrected chi connectivity index (χ3v) is 2.24. The molecule has 17 heavy (non-hydrogen) atoms. The third kappa shape index (κ3) is 3.23. The zero-order valence-electron chi connectivity index (χ0n) is 9.81. The number of rotatable bonds is 6. The van der Waals surface area contributed by atoms with Gasteiger partial charge in [0.15, 0.2) is 11.5 Å². The molecular weight excluding hydrogens is 216 g/mol. The molecule has 0 aliphatic carbocycles. The van der Waals surface area contributed by atoms with E-state index in [0.717, 1.165) is 0 Å². The summed E-state index contributed by atoms with van der Waals surface area (Å²) in [6, 6.07) is 6.63. The van der Waals surface area contributed by atoms with Crippen molar-refractivity contribution >= 4 is 0 Å². The van der Waals surface area contributed by atoms with Crippen LogP contribution in [0, 0.1) is 11.3 Å². The van der Waals surface area contributed by atoms with Crippen LogP contribution in [0.3, 0.4) is 0 Å². The van der Waals surface area contributed by atoms with Crippen LogP contribution in [0.15, 0.2) is 30.9 Å². The molecule has 1 rings (SSSR count). The van der Waals surface area contributed by atoms with E-state index in [4.69, 9.17) is 10.00 Å². The SMILES string of the molecule is C=CCNC(C#N)c1cccc(OCC)c1O. The van der Waals surface area contributed by atoms with Crippen molar-refractivity contribution in [3.05, 3.63) is 36.4 Å². The Hall–Kier alpha value is -1.99. The molecule has 0 heterocycles. The number of nitrogens with zero attached hydrogens (tertiary/aromatic N) is 1. The van der Waals surface area contributed by atoms with Crippen LogP contribution in [0.2, 0.25) is 0 Å². The Morgan fingerprint density at radius 3 is 3.00 bits per heavy atom. The number of ether oxygens (including phenoxy) is 1. The first kappa shape index (κ1) is 13.1. The molecule has 0 aliphatic rings. The Morgan fingerprint density at radius 2 is 2.41 bits per heavy atom. The molecule has 0 amide bonds. The maximum absolute atomic E-state index is 9.98. The second-order valence-electron chi connectivity index (χ2n) is 3.39. The molecule has 2 N–H and O–H groups in total. The number of hydrogen-bond donors (Lipinski definition) is 2. The zero-order chi connectivity index (χ0) is 12.7. The summed E-state index contributed by atoms with van der Waals surface area (Å²) in [5, 5.41) is 22.0. The molecule has 4 heteroatoms. The molecular formula is C13H16N2O2. The Morgan fingerprint density at radius 1 is 1.65 bits per heavy atom. The Kier molecular flexibility index (Phi) is 5.05. The van der Waals surface area contributed by atoms with Crippen LogP contribution in [0.4, 0.5) is 0 Å². The lowest BCUT2D eigenvalue weighted by Gasteiger charge is -2.14. The smallest absolute Gasteiger partial charge is 0.163 e. The minimum absolute atomic E-state index is 0.0115. The standard InChI is InChI=1S/C13H16N2O2/c1-3-8-15-11(9-14)10-6-5-7-12(13(10)16)17-4-2/h3,5-7,11,15-16H,1,4,8H2,2H3. The number of benzene rings is 1. The number of hydrogen-bond acceptors (Lipinski definition) is 4. The van der Waals surface area contributed by atoms with Crippen molar-refractivity contribution in [1.82, 2.24) is 5.32 Å². The molecule has 0 saturated heterocycles. The highest BCUT2D eigenvalue weighted by Gasteiger charge is 2.16. The van der Waals surface area contributed by atoms with Crippen LogP contribution in [-0.2, 0) is 0 Å². The van der Waals surface area contributed by atoms with Gasteiger partial charge in [-0.25, -0.2) is 0 Å². The van der Waals surface area contributed by atoms with Gasteiger partial charge in [0.1, 0.15) is 6.04 Å². The average molecular weight is 232 g/mol. The molecule has 4 nitrogen and oxygen atoms in total. The van der Waals surface area contributed by atoms with Gasteiger partial charge in [0.25, 0.3) is 0 Å². The number of para-hydroxylation sites is 1. The van der Waals surface area contributed by atoms with Crippen molar-refractivity contribution in [2.45, 2.75) is 13.0 Å². The molecule has 90 valence electrons. The van der Waals surface area contributed by atoms with E-state index in [0.29, 0.717) is 24.5 Å². The first-order valence-corrected chi connectivity index (χ1v) is 5.43. The van der Waals surface area contributed by atoms with Gasteiger partial charge in [-0.1, -0.05) is 18.2 Å². The van der Waals surface area contributed by atoms with Crippen LogP contribution in [0.5, 0.6) is 11.5 Å². The molecule has 0 bridgehead atoms. The van der Waals surface area contributed by atoms with E-state index < -0.39 is 6.04 Å². The van der Waals surface area contributed by atoms with Crippen molar-refractivity contribution in [3.63, 3.8) is 0 Å². The first-order chi connectivity index (χ1) is 8.24. The van der Waals surface area contributed by atoms with E-state index >= 15 is 0 Å². The van der Waals surface area contributed by atoms with E-state index in [2.05, 4.69) is 18.0 Å². The van der Waals surface area contributed by atoms with Gasteiger partial charge in [-0.3, -0.25) is 5.32 Å². The summed E-state index contributed by atoms with van der Waals surface area (Å²) in [6.07, 6.45) is 1.66. The maximum atomic E-state index is 9.98. The molecule has 1 aromatic carbocycles. The Balaban J connectivity index is 2.99. The van der Waals surface area contributed by atoms with Gasteiger partial charge in [0, 0.05) is 12.1 Å². The molecule has 0 spiro atoms. The number of phenolic OH excluding ortho intramolecular Hbond substituents is 1. The highest BCUT2D eigenvalue weighted by Crippen LogP contribution is 2.33. The number of nitriles is 1. The molecule has 1 unspecified atom stereocenters. The predicted molar refractivity (Wildman–Crippen MR) is 65.8 cm³/mol. The predicted octanol–water partition coefficient (Wildman–Crippen LogP) is 2.13. The summed E-state index contributed by atoms with van der Waals surface area (Å²) < 4.78 is 5.27. The summed E-state index contributed by atoms with van der Waals surface area (Å²) in [7, 11) is 0. The van der Waals surface area contributed by atoms with E-state index in [1.54, 1.807) is 24.3 Å². The summed E-state index contributed by atoms with van der Waals surface area (Å²) in [5.74, 6) is 0.406. The van der Waals surface area contributed by atoms with Gasteiger partial charge >= 0.3 is 0 Å². The fourth-order valence-corrected chi connectivity index (χ4v) is 1.47. The number of nitrogens with one attached hydrogen (secondary N) is 1. The first-order valence-electron chi connectivity index (χ1n) is 5.43. The Labute approximate surface area is 101 Å². The molecule has 0 aliphatic heterocycles. The van der Waals surface area contributed by atoms with Crippen molar-refractivity contribution in [3.8, 4) is 17.6 Å². The van der Waals surface area contributed by atoms with Gasteiger partial charge < -0.3 is 9.84 Å². The monoisotopic (exact) mass is 232 g/mol. The van der Waals surface area contributed by atoms with Crippen LogP contribution in [-0.4, -0.2) is 18.3 Å². The van der Waals surface area contributed by atoms with Gasteiger partial charge in [-0.05, 0) is 13.0 Å². The highest BCUT2D eigenvalue weighted by molar-refractivity contribution is 5.48. The van der Waals surface area contributed by atoms with E-state index in [-0.39, 0.29) is 5.75 Å². The summed E-state index contributed by atoms with van der Waals surface area (Å²) in [4.78, 5) is 0. The highest BCUT2D eigenvalue weighted by atomic mass is 16.5. The fourth-order valence-electron chi connectivity index (χ4n) is 1.47. The molecule has 0 saturated carbocycles. The molecule has 1 aromatic rings. The summed E-state index contributed by atoms with van der Waals surface area (Å²) in [5.41, 5.74) is 0.514. The van der Waals surface area contributed by atoms with Crippen LogP contribution in [0.1, 0.15) is 18.5 Å². The molecule has 0 fully saturated rings. The second-order valence-corrected chi connectivity index (χ2v) is 3.39. The van der Waals surface area contributed by atoms with E-state index in [9.17, 15) is 5.11 Å². The normalized spacial score (nSPS) is 11.5. The van der Waals surface area contributed by atoms with Gasteiger partial charge in [0.2, 0.25) is 0 Å². The quantitative estimate of drug-likeness (QED) is 0.737. The Bertz CT molecular complexity index is 424. The van der Waals surface area contributed by atoms with Crippen LogP contribution < -0.4 is 10.1 Å². The van der Waals surface area contributed by atoms with Crippen LogP contribution >= 0.6 is 0 Å². The van der Waals surface area contributed by atoms with Gasteiger partial charge in [-0.15, -0.1) is 6.58 Å².